The molecule has 0 N–H and O–H groups in total. The fraction of sp³-hybridized carbons (Fsp3) is 0.286. The Kier molecular flexibility index (Phi) is 1.31. The highest BCUT2D eigenvalue weighted by atomic mass is 15.3. The van der Waals surface area contributed by atoms with Crippen molar-refractivity contribution in [3.63, 3.8) is 0 Å². The van der Waals surface area contributed by atoms with Gasteiger partial charge in [0, 0.05) is 25.7 Å². The first kappa shape index (κ1) is 6.27. The first-order valence-electron chi connectivity index (χ1n) is 3.42. The summed E-state index contributed by atoms with van der Waals surface area (Å²) in [6.45, 7) is 0.851. The van der Waals surface area contributed by atoms with Crippen LogP contribution >= 0.6 is 0 Å². The van der Waals surface area contributed by atoms with Crippen LogP contribution in [0.25, 0.3) is 0 Å². The molecular formula is C7H8N4. The van der Waals surface area contributed by atoms with Gasteiger partial charge in [0.25, 0.3) is 0 Å². The van der Waals surface area contributed by atoms with Gasteiger partial charge in [0.15, 0.2) is 11.6 Å². The fourth-order valence-electron chi connectivity index (χ4n) is 1.02. The van der Waals surface area contributed by atoms with Gasteiger partial charge in [-0.1, -0.05) is 0 Å². The molecule has 0 aliphatic carbocycles. The quantitative estimate of drug-likeness (QED) is 0.486. The predicted octanol–water partition coefficient (Wildman–Crippen LogP) is 0.284. The van der Waals surface area contributed by atoms with E-state index < -0.39 is 0 Å². The van der Waals surface area contributed by atoms with Crippen molar-refractivity contribution in [2.24, 2.45) is 15.0 Å². The number of aliphatic imine (C=N–C) groups is 3. The molecule has 4 nitrogen and oxygen atoms in total. The van der Waals surface area contributed by atoms with Crippen LogP contribution in [0.2, 0.25) is 0 Å². The molecule has 0 bridgehead atoms. The minimum atomic E-state index is 0.709. The highest BCUT2D eigenvalue weighted by molar-refractivity contribution is 6.18. The Hall–Kier alpha value is -1.45. The van der Waals surface area contributed by atoms with E-state index in [0.29, 0.717) is 5.82 Å². The van der Waals surface area contributed by atoms with E-state index in [9.17, 15) is 0 Å². The van der Waals surface area contributed by atoms with Crippen LogP contribution in [0.5, 0.6) is 0 Å². The lowest BCUT2D eigenvalue weighted by atomic mass is 10.6. The van der Waals surface area contributed by atoms with Gasteiger partial charge < -0.3 is 4.90 Å². The van der Waals surface area contributed by atoms with E-state index >= 15 is 0 Å². The second-order valence-electron chi connectivity index (χ2n) is 2.40. The van der Waals surface area contributed by atoms with Gasteiger partial charge in [0.1, 0.15) is 0 Å². The monoisotopic (exact) mass is 148 g/mol. The molecule has 0 saturated carbocycles. The van der Waals surface area contributed by atoms with Gasteiger partial charge in [-0.15, -0.1) is 0 Å². The lowest BCUT2D eigenvalue weighted by Crippen LogP contribution is -2.13. The first-order chi connectivity index (χ1) is 5.38. The van der Waals surface area contributed by atoms with Crippen LogP contribution in [-0.4, -0.2) is 37.1 Å². The van der Waals surface area contributed by atoms with Gasteiger partial charge in [-0.2, -0.15) is 0 Å². The molecule has 0 saturated heterocycles. The highest BCUT2D eigenvalue weighted by Crippen LogP contribution is 2.16. The van der Waals surface area contributed by atoms with E-state index in [4.69, 9.17) is 0 Å². The van der Waals surface area contributed by atoms with E-state index in [2.05, 4.69) is 15.0 Å². The molecule has 0 spiro atoms. The van der Waals surface area contributed by atoms with Crippen molar-refractivity contribution in [1.82, 2.24) is 4.90 Å². The maximum Gasteiger partial charge on any atom is 0.195 e. The van der Waals surface area contributed by atoms with Gasteiger partial charge in [-0.25, -0.2) is 15.0 Å². The normalized spacial score (nSPS) is 21.0. The van der Waals surface area contributed by atoms with Crippen LogP contribution in [0.15, 0.2) is 26.6 Å². The summed E-state index contributed by atoms with van der Waals surface area (Å²) < 4.78 is 0. The Morgan fingerprint density at radius 2 is 2.00 bits per heavy atom. The van der Waals surface area contributed by atoms with Crippen LogP contribution in [0.1, 0.15) is 0 Å². The van der Waals surface area contributed by atoms with Gasteiger partial charge in [-0.3, -0.25) is 0 Å². The Balaban J connectivity index is 2.38. The molecule has 2 heterocycles. The SMILES string of the molecule is CN1CC=NC1=C1N=CC=N1. The van der Waals surface area contributed by atoms with Crippen molar-refractivity contribution in [3.05, 3.63) is 11.6 Å². The summed E-state index contributed by atoms with van der Waals surface area (Å²) in [6.07, 6.45) is 5.19. The molecule has 4 heteroatoms. The van der Waals surface area contributed by atoms with E-state index in [-0.39, 0.29) is 0 Å². The first-order valence-corrected chi connectivity index (χ1v) is 3.42. The minimum Gasteiger partial charge on any atom is -0.351 e. The molecule has 11 heavy (non-hydrogen) atoms. The molecular weight excluding hydrogens is 140 g/mol. The highest BCUT2D eigenvalue weighted by Gasteiger charge is 2.13. The molecule has 0 radical (unpaired) electrons. The van der Waals surface area contributed by atoms with E-state index in [1.54, 1.807) is 12.4 Å². The Morgan fingerprint density at radius 1 is 1.27 bits per heavy atom. The van der Waals surface area contributed by atoms with Gasteiger partial charge in [0.05, 0.1) is 6.54 Å². The van der Waals surface area contributed by atoms with E-state index in [1.807, 2.05) is 18.2 Å². The standard InChI is InChI=1S/C7H8N4/c1-11-5-4-10-7(11)6-8-2-3-9-6/h2-4H,5H2,1H3. The van der Waals surface area contributed by atoms with Crippen molar-refractivity contribution < 1.29 is 0 Å². The summed E-state index contributed by atoms with van der Waals surface area (Å²) in [7, 11) is 1.97. The Bertz CT molecular complexity index is 271. The smallest absolute Gasteiger partial charge is 0.195 e. The summed E-state index contributed by atoms with van der Waals surface area (Å²) in [5, 5.41) is 0. The molecule has 2 aliphatic rings. The lowest BCUT2D eigenvalue weighted by molar-refractivity contribution is 0.491. The minimum absolute atomic E-state index is 0.709. The third-order valence-electron chi connectivity index (χ3n) is 1.59. The lowest BCUT2D eigenvalue weighted by Gasteiger charge is -2.09. The Labute approximate surface area is 64.7 Å². The molecule has 2 aliphatic heterocycles. The van der Waals surface area contributed by atoms with Crippen molar-refractivity contribution in [2.45, 2.75) is 0 Å². The number of rotatable bonds is 0. The van der Waals surface area contributed by atoms with Crippen LogP contribution in [0.3, 0.4) is 0 Å². The average Bonchev–Trinajstić information content (AvgIpc) is 2.55. The van der Waals surface area contributed by atoms with Gasteiger partial charge in [0.2, 0.25) is 0 Å². The van der Waals surface area contributed by atoms with Crippen LogP contribution in [0.4, 0.5) is 0 Å². The largest absolute Gasteiger partial charge is 0.351 e. The number of hydrogen-bond donors (Lipinski definition) is 0. The summed E-state index contributed by atoms with van der Waals surface area (Å²) in [6, 6.07) is 0. The van der Waals surface area contributed by atoms with Crippen molar-refractivity contribution in [2.75, 3.05) is 13.6 Å². The van der Waals surface area contributed by atoms with Crippen LogP contribution in [0, 0.1) is 0 Å². The van der Waals surface area contributed by atoms with Crippen LogP contribution in [-0.2, 0) is 0 Å². The van der Waals surface area contributed by atoms with Crippen molar-refractivity contribution >= 4 is 18.6 Å². The molecule has 0 fully saturated rings. The zero-order chi connectivity index (χ0) is 7.68. The second-order valence-corrected chi connectivity index (χ2v) is 2.40. The topological polar surface area (TPSA) is 40.3 Å². The van der Waals surface area contributed by atoms with E-state index in [1.165, 1.54) is 0 Å². The Morgan fingerprint density at radius 3 is 2.55 bits per heavy atom. The molecule has 0 amide bonds. The second kappa shape index (κ2) is 2.30. The molecule has 0 aromatic carbocycles. The summed E-state index contributed by atoms with van der Waals surface area (Å²) in [5.41, 5.74) is 0. The molecule has 0 aromatic rings. The molecule has 56 valence electrons. The maximum absolute atomic E-state index is 4.15. The van der Waals surface area contributed by atoms with Gasteiger partial charge >= 0.3 is 0 Å². The predicted molar refractivity (Wildman–Crippen MR) is 45.1 cm³/mol. The molecule has 0 unspecified atom stereocenters. The summed E-state index contributed by atoms with van der Waals surface area (Å²) in [5.74, 6) is 1.57. The fourth-order valence-corrected chi connectivity index (χ4v) is 1.02. The third kappa shape index (κ3) is 0.960. The van der Waals surface area contributed by atoms with Crippen molar-refractivity contribution in [3.8, 4) is 0 Å². The number of hydrogen-bond acceptors (Lipinski definition) is 4. The van der Waals surface area contributed by atoms with E-state index in [0.717, 1.165) is 12.4 Å². The van der Waals surface area contributed by atoms with Crippen LogP contribution < -0.4 is 0 Å². The number of nitrogens with zero attached hydrogens (tertiary/aromatic N) is 4. The molecule has 0 atom stereocenters. The zero-order valence-corrected chi connectivity index (χ0v) is 6.23. The molecule has 2 rings (SSSR count). The average molecular weight is 148 g/mol. The van der Waals surface area contributed by atoms with Crippen molar-refractivity contribution in [1.29, 1.82) is 0 Å². The van der Waals surface area contributed by atoms with Gasteiger partial charge in [-0.05, 0) is 0 Å². The molecule has 0 aromatic heterocycles. The zero-order valence-electron chi connectivity index (χ0n) is 6.23. The summed E-state index contributed by atoms with van der Waals surface area (Å²) in [4.78, 5) is 14.3. The third-order valence-corrected chi connectivity index (χ3v) is 1.59. The summed E-state index contributed by atoms with van der Waals surface area (Å²) >= 11 is 0. The maximum atomic E-state index is 4.15.